The molecule has 0 fully saturated rings. The van der Waals surface area contributed by atoms with Crippen LogP contribution in [0.2, 0.25) is 0 Å². The SMILES string of the molecule is O=C1c2ncn(Cc3ccccc3)c2C(=O)c2c1c(O)n(Cc1ccc(F)cc1)c2O. The molecule has 0 saturated carbocycles. The number of carbonyl (C=O) groups excluding carboxylic acids is 2. The van der Waals surface area contributed by atoms with Crippen LogP contribution in [0.4, 0.5) is 4.39 Å². The van der Waals surface area contributed by atoms with E-state index in [0.717, 1.165) is 10.1 Å². The lowest BCUT2D eigenvalue weighted by molar-refractivity contribution is 0.0968. The van der Waals surface area contributed by atoms with Crippen molar-refractivity contribution in [2.45, 2.75) is 13.1 Å². The van der Waals surface area contributed by atoms with Gasteiger partial charge in [-0.15, -0.1) is 0 Å². The minimum atomic E-state index is -0.637. The number of halogens is 1. The molecule has 0 amide bonds. The minimum absolute atomic E-state index is 0.0484. The standard InChI is InChI=1S/C23H16FN3O4/c24-15-8-6-14(7-9-15)11-27-22(30)16-17(23(27)31)21(29)19-18(20(16)28)25-12-26(19)10-13-4-2-1-3-5-13/h1-9,12,30-31H,10-11H2. The molecule has 0 radical (unpaired) electrons. The fourth-order valence-corrected chi connectivity index (χ4v) is 3.87. The van der Waals surface area contributed by atoms with Gasteiger partial charge in [0.15, 0.2) is 0 Å². The zero-order chi connectivity index (χ0) is 21.7. The number of carbonyl (C=O) groups is 2. The molecule has 4 aromatic rings. The number of aromatic hydroxyl groups is 2. The van der Waals surface area contributed by atoms with Crippen molar-refractivity contribution in [3.63, 3.8) is 0 Å². The van der Waals surface area contributed by atoms with Crippen LogP contribution in [0.3, 0.4) is 0 Å². The number of aromatic nitrogens is 3. The quantitative estimate of drug-likeness (QED) is 0.468. The Morgan fingerprint density at radius 3 is 2.10 bits per heavy atom. The molecule has 0 saturated heterocycles. The Morgan fingerprint density at radius 1 is 0.806 bits per heavy atom. The average molecular weight is 417 g/mol. The van der Waals surface area contributed by atoms with Gasteiger partial charge in [-0.2, -0.15) is 0 Å². The Bertz CT molecular complexity index is 1340. The van der Waals surface area contributed by atoms with Gasteiger partial charge in [0, 0.05) is 6.54 Å². The minimum Gasteiger partial charge on any atom is -0.494 e. The molecule has 8 heteroatoms. The largest absolute Gasteiger partial charge is 0.494 e. The van der Waals surface area contributed by atoms with Crippen LogP contribution in [0, 0.1) is 5.82 Å². The first-order valence-electron chi connectivity index (χ1n) is 9.53. The lowest BCUT2D eigenvalue weighted by Gasteiger charge is -2.13. The molecule has 0 bridgehead atoms. The fraction of sp³-hybridized carbons (Fsp3) is 0.0870. The summed E-state index contributed by atoms with van der Waals surface area (Å²) >= 11 is 0. The Kier molecular flexibility index (Phi) is 4.21. The zero-order valence-electron chi connectivity index (χ0n) is 16.1. The molecule has 2 heterocycles. The summed E-state index contributed by atoms with van der Waals surface area (Å²) in [5.74, 6) is -2.70. The van der Waals surface area contributed by atoms with Crippen LogP contribution in [0.25, 0.3) is 0 Å². The van der Waals surface area contributed by atoms with E-state index in [1.165, 1.54) is 30.6 Å². The van der Waals surface area contributed by atoms with Gasteiger partial charge >= 0.3 is 0 Å². The van der Waals surface area contributed by atoms with Crippen molar-refractivity contribution >= 4 is 11.6 Å². The lowest BCUT2D eigenvalue weighted by atomic mass is 9.93. The van der Waals surface area contributed by atoms with Crippen molar-refractivity contribution < 1.29 is 24.2 Å². The van der Waals surface area contributed by atoms with Crippen molar-refractivity contribution in [3.8, 4) is 11.8 Å². The van der Waals surface area contributed by atoms with E-state index in [9.17, 15) is 24.2 Å². The summed E-state index contributed by atoms with van der Waals surface area (Å²) in [5.41, 5.74) is 0.949. The van der Waals surface area contributed by atoms with E-state index in [4.69, 9.17) is 0 Å². The van der Waals surface area contributed by atoms with Gasteiger partial charge in [0.25, 0.3) is 0 Å². The topological polar surface area (TPSA) is 97.4 Å². The van der Waals surface area contributed by atoms with E-state index < -0.39 is 29.1 Å². The first-order valence-corrected chi connectivity index (χ1v) is 9.53. The molecular formula is C23H16FN3O4. The van der Waals surface area contributed by atoms with E-state index in [2.05, 4.69) is 4.98 Å². The number of hydrogen-bond acceptors (Lipinski definition) is 5. The third-order valence-corrected chi connectivity index (χ3v) is 5.38. The third-order valence-electron chi connectivity index (χ3n) is 5.38. The van der Waals surface area contributed by atoms with Gasteiger partial charge in [0.05, 0.1) is 12.9 Å². The molecule has 31 heavy (non-hydrogen) atoms. The van der Waals surface area contributed by atoms with E-state index in [0.29, 0.717) is 12.1 Å². The number of benzene rings is 2. The molecule has 0 spiro atoms. The van der Waals surface area contributed by atoms with Gasteiger partial charge in [0.2, 0.25) is 23.3 Å². The van der Waals surface area contributed by atoms with Crippen LogP contribution < -0.4 is 0 Å². The Balaban J connectivity index is 1.58. The van der Waals surface area contributed by atoms with Gasteiger partial charge in [-0.1, -0.05) is 42.5 Å². The fourth-order valence-electron chi connectivity index (χ4n) is 3.87. The molecule has 2 aromatic carbocycles. The molecule has 5 rings (SSSR count). The molecule has 154 valence electrons. The van der Waals surface area contributed by atoms with Crippen molar-refractivity contribution in [1.29, 1.82) is 0 Å². The van der Waals surface area contributed by atoms with Crippen LogP contribution in [-0.2, 0) is 13.1 Å². The maximum Gasteiger partial charge on any atom is 0.220 e. The molecule has 0 atom stereocenters. The number of ketones is 2. The smallest absolute Gasteiger partial charge is 0.220 e. The number of nitrogens with zero attached hydrogens (tertiary/aromatic N) is 3. The normalized spacial score (nSPS) is 12.7. The molecule has 0 aliphatic heterocycles. The number of hydrogen-bond donors (Lipinski definition) is 2. The van der Waals surface area contributed by atoms with Gasteiger partial charge in [-0.3, -0.25) is 14.2 Å². The number of imidazole rings is 1. The lowest BCUT2D eigenvalue weighted by Crippen LogP contribution is -2.22. The van der Waals surface area contributed by atoms with Gasteiger partial charge in [-0.25, -0.2) is 9.37 Å². The van der Waals surface area contributed by atoms with E-state index in [1.807, 2.05) is 30.3 Å². The summed E-state index contributed by atoms with van der Waals surface area (Å²) in [5, 5.41) is 21.4. The van der Waals surface area contributed by atoms with Crippen molar-refractivity contribution in [2.75, 3.05) is 0 Å². The van der Waals surface area contributed by atoms with Gasteiger partial charge in [-0.05, 0) is 23.3 Å². The van der Waals surface area contributed by atoms with E-state index in [1.54, 1.807) is 4.57 Å². The second kappa shape index (κ2) is 6.94. The molecule has 1 aliphatic carbocycles. The summed E-state index contributed by atoms with van der Waals surface area (Å²) in [6.07, 6.45) is 1.40. The highest BCUT2D eigenvalue weighted by molar-refractivity contribution is 6.29. The molecule has 2 N–H and O–H groups in total. The molecule has 2 aromatic heterocycles. The second-order valence-electron chi connectivity index (χ2n) is 7.32. The predicted molar refractivity (Wildman–Crippen MR) is 108 cm³/mol. The van der Waals surface area contributed by atoms with Crippen molar-refractivity contribution in [3.05, 3.63) is 100 Å². The van der Waals surface area contributed by atoms with Crippen LogP contribution in [0.15, 0.2) is 60.9 Å². The highest BCUT2D eigenvalue weighted by atomic mass is 19.1. The average Bonchev–Trinajstić information content (AvgIpc) is 3.29. The van der Waals surface area contributed by atoms with Crippen LogP contribution in [0.1, 0.15) is 43.2 Å². The first kappa shape index (κ1) is 18.8. The molecular weight excluding hydrogens is 401 g/mol. The first-order chi connectivity index (χ1) is 15.0. The summed E-state index contributed by atoms with van der Waals surface area (Å²) in [6.45, 7) is 0.272. The predicted octanol–water partition coefficient (Wildman–Crippen LogP) is 3.11. The van der Waals surface area contributed by atoms with Gasteiger partial charge in [0.1, 0.15) is 28.3 Å². The summed E-state index contributed by atoms with van der Waals surface area (Å²) in [7, 11) is 0. The summed E-state index contributed by atoms with van der Waals surface area (Å²) < 4.78 is 15.8. The van der Waals surface area contributed by atoms with Crippen molar-refractivity contribution in [2.24, 2.45) is 0 Å². The summed E-state index contributed by atoms with van der Waals surface area (Å²) in [4.78, 5) is 30.4. The number of fused-ring (bicyclic) bond motifs is 2. The Morgan fingerprint density at radius 2 is 1.42 bits per heavy atom. The number of rotatable bonds is 4. The third kappa shape index (κ3) is 2.92. The zero-order valence-corrected chi connectivity index (χ0v) is 16.1. The Labute approximate surface area is 175 Å². The van der Waals surface area contributed by atoms with E-state index >= 15 is 0 Å². The van der Waals surface area contributed by atoms with E-state index in [-0.39, 0.29) is 29.1 Å². The van der Waals surface area contributed by atoms with Crippen LogP contribution in [0.5, 0.6) is 11.8 Å². The summed E-state index contributed by atoms with van der Waals surface area (Å²) in [6, 6.07) is 14.8. The van der Waals surface area contributed by atoms with Crippen LogP contribution >= 0.6 is 0 Å². The molecule has 0 unspecified atom stereocenters. The Hall–Kier alpha value is -4.20. The maximum absolute atomic E-state index is 13.3. The highest BCUT2D eigenvalue weighted by Gasteiger charge is 2.41. The maximum atomic E-state index is 13.3. The van der Waals surface area contributed by atoms with Gasteiger partial charge < -0.3 is 14.8 Å². The highest BCUT2D eigenvalue weighted by Crippen LogP contribution is 2.41. The van der Waals surface area contributed by atoms with Crippen LogP contribution in [-0.4, -0.2) is 35.9 Å². The molecule has 1 aliphatic rings. The molecule has 7 nitrogen and oxygen atoms in total. The van der Waals surface area contributed by atoms with Crippen molar-refractivity contribution in [1.82, 2.24) is 14.1 Å². The second-order valence-corrected chi connectivity index (χ2v) is 7.32. The monoisotopic (exact) mass is 417 g/mol.